The van der Waals surface area contributed by atoms with E-state index in [0.29, 0.717) is 19.0 Å². The molecule has 1 N–H and O–H groups in total. The zero-order chi connectivity index (χ0) is 20.5. The quantitative estimate of drug-likeness (QED) is 0.419. The lowest BCUT2D eigenvalue weighted by Crippen LogP contribution is -2.06. The topological polar surface area (TPSA) is 64.3 Å². The predicted molar refractivity (Wildman–Crippen MR) is 121 cm³/mol. The highest BCUT2D eigenvalue weighted by atomic mass is 32.1. The largest absolute Gasteiger partial charge is 0.377 e. The second kappa shape index (κ2) is 7.85. The highest BCUT2D eigenvalue weighted by molar-refractivity contribution is 7.17. The van der Waals surface area contributed by atoms with Crippen LogP contribution in [0.25, 0.3) is 27.0 Å². The highest BCUT2D eigenvalue weighted by Crippen LogP contribution is 2.37. The third kappa shape index (κ3) is 3.53. The van der Waals surface area contributed by atoms with Crippen molar-refractivity contribution in [2.75, 3.05) is 12.4 Å². The second-order valence-corrected chi connectivity index (χ2v) is 8.03. The average molecular weight is 416 g/mol. The zero-order valence-corrected chi connectivity index (χ0v) is 17.6. The molecule has 0 amide bonds. The Hall–Kier alpha value is -3.29. The van der Waals surface area contributed by atoms with Crippen molar-refractivity contribution in [2.24, 2.45) is 0 Å². The van der Waals surface area contributed by atoms with Crippen LogP contribution in [0.1, 0.15) is 17.1 Å². The Morgan fingerprint density at radius 1 is 1.10 bits per heavy atom. The number of benzene rings is 1. The number of pyridine rings is 1. The van der Waals surface area contributed by atoms with E-state index in [1.807, 2.05) is 35.0 Å². The number of aromatic nitrogens is 4. The summed E-state index contributed by atoms with van der Waals surface area (Å²) in [5, 5.41) is 6.67. The summed E-state index contributed by atoms with van der Waals surface area (Å²) in [7, 11) is 1.66. The lowest BCUT2D eigenvalue weighted by atomic mass is 10.1. The molecule has 0 aliphatic carbocycles. The number of aryl methyl sites for hydroxylation is 1. The molecule has 0 saturated carbocycles. The normalized spacial score (nSPS) is 11.4. The van der Waals surface area contributed by atoms with Gasteiger partial charge >= 0.3 is 0 Å². The summed E-state index contributed by atoms with van der Waals surface area (Å²) in [4.78, 5) is 15.1. The van der Waals surface area contributed by atoms with Gasteiger partial charge in [-0.2, -0.15) is 0 Å². The fourth-order valence-corrected chi connectivity index (χ4v) is 4.50. The molecule has 4 aromatic heterocycles. The van der Waals surface area contributed by atoms with Crippen molar-refractivity contribution >= 4 is 33.0 Å². The van der Waals surface area contributed by atoms with Gasteiger partial charge in [0, 0.05) is 30.4 Å². The molecule has 0 fully saturated rings. The number of imidazole rings is 1. The Morgan fingerprint density at radius 3 is 2.80 bits per heavy atom. The monoisotopic (exact) mass is 415 g/mol. The van der Waals surface area contributed by atoms with E-state index in [9.17, 15) is 0 Å². The standard InChI is InChI=1S/C23H21N5OS/c1-15-8-9-28-12-17(25-20(28)10-15)11-24-22-21-18(16-6-4-3-5-7-16)14-30-23(21)27-19(26-22)13-29-2/h3-10,12,14H,11,13H2,1-2H3,(H,24,26,27). The highest BCUT2D eigenvalue weighted by Gasteiger charge is 2.16. The third-order valence-corrected chi connectivity index (χ3v) is 5.81. The van der Waals surface area contributed by atoms with Gasteiger partial charge in [-0.25, -0.2) is 15.0 Å². The van der Waals surface area contributed by atoms with Crippen LogP contribution in [0.2, 0.25) is 0 Å². The molecule has 1 aromatic carbocycles. The van der Waals surface area contributed by atoms with Crippen molar-refractivity contribution < 1.29 is 4.74 Å². The van der Waals surface area contributed by atoms with Gasteiger partial charge in [-0.15, -0.1) is 11.3 Å². The van der Waals surface area contributed by atoms with Gasteiger partial charge in [-0.05, 0) is 30.2 Å². The smallest absolute Gasteiger partial charge is 0.158 e. The van der Waals surface area contributed by atoms with Crippen LogP contribution in [0.4, 0.5) is 5.82 Å². The molecule has 150 valence electrons. The van der Waals surface area contributed by atoms with Crippen molar-refractivity contribution in [1.29, 1.82) is 0 Å². The maximum Gasteiger partial charge on any atom is 0.158 e. The Labute approximate surface area is 178 Å². The van der Waals surface area contributed by atoms with Crippen LogP contribution in [0.15, 0.2) is 60.2 Å². The molecule has 0 aliphatic rings. The molecule has 0 unspecified atom stereocenters. The first-order valence-electron chi connectivity index (χ1n) is 9.72. The number of nitrogens with one attached hydrogen (secondary N) is 1. The van der Waals surface area contributed by atoms with Gasteiger partial charge in [0.25, 0.3) is 0 Å². The van der Waals surface area contributed by atoms with Gasteiger partial charge in [0.2, 0.25) is 0 Å². The summed E-state index contributed by atoms with van der Waals surface area (Å²) in [6.45, 7) is 3.02. The average Bonchev–Trinajstić information content (AvgIpc) is 3.36. The number of nitrogens with zero attached hydrogens (tertiary/aromatic N) is 4. The predicted octanol–water partition coefficient (Wildman–Crippen LogP) is 5.07. The van der Waals surface area contributed by atoms with Crippen molar-refractivity contribution in [3.05, 3.63) is 77.3 Å². The van der Waals surface area contributed by atoms with Crippen LogP contribution in [-0.4, -0.2) is 26.5 Å². The summed E-state index contributed by atoms with van der Waals surface area (Å²) < 4.78 is 7.31. The number of fused-ring (bicyclic) bond motifs is 2. The van der Waals surface area contributed by atoms with E-state index in [4.69, 9.17) is 19.7 Å². The Morgan fingerprint density at radius 2 is 1.97 bits per heavy atom. The van der Waals surface area contributed by atoms with Crippen molar-refractivity contribution in [2.45, 2.75) is 20.1 Å². The number of rotatable bonds is 6. The molecule has 30 heavy (non-hydrogen) atoms. The van der Waals surface area contributed by atoms with Crippen LogP contribution in [0, 0.1) is 6.92 Å². The summed E-state index contributed by atoms with van der Waals surface area (Å²) in [6.07, 6.45) is 4.08. The Bertz CT molecular complexity index is 1330. The molecular formula is C23H21N5OS. The molecule has 0 radical (unpaired) electrons. The van der Waals surface area contributed by atoms with Crippen LogP contribution >= 0.6 is 11.3 Å². The number of methoxy groups -OCH3 is 1. The molecule has 0 aliphatic heterocycles. The van der Waals surface area contributed by atoms with E-state index in [0.717, 1.165) is 38.5 Å². The van der Waals surface area contributed by atoms with Crippen LogP contribution in [-0.2, 0) is 17.9 Å². The minimum Gasteiger partial charge on any atom is -0.377 e. The maximum atomic E-state index is 5.27. The number of hydrogen-bond acceptors (Lipinski definition) is 6. The van der Waals surface area contributed by atoms with Gasteiger partial charge in [-0.3, -0.25) is 0 Å². The fraction of sp³-hybridized carbons (Fsp3) is 0.174. The number of thiophene rings is 1. The van der Waals surface area contributed by atoms with E-state index >= 15 is 0 Å². The third-order valence-electron chi connectivity index (χ3n) is 4.94. The van der Waals surface area contributed by atoms with Crippen LogP contribution < -0.4 is 5.32 Å². The molecule has 7 heteroatoms. The summed E-state index contributed by atoms with van der Waals surface area (Å²) in [5.74, 6) is 1.47. The fourth-order valence-electron chi connectivity index (χ4n) is 3.53. The second-order valence-electron chi connectivity index (χ2n) is 7.17. The first kappa shape index (κ1) is 18.7. The molecular weight excluding hydrogens is 394 g/mol. The van der Waals surface area contributed by atoms with Crippen LogP contribution in [0.5, 0.6) is 0 Å². The molecule has 0 bridgehead atoms. The number of ether oxygens (including phenoxy) is 1. The Balaban J connectivity index is 1.54. The summed E-state index contributed by atoms with van der Waals surface area (Å²) in [5.41, 5.74) is 5.38. The minimum absolute atomic E-state index is 0.372. The van der Waals surface area contributed by atoms with Crippen LogP contribution in [0.3, 0.4) is 0 Å². The lowest BCUT2D eigenvalue weighted by Gasteiger charge is -2.09. The van der Waals surface area contributed by atoms with Gasteiger partial charge in [0.15, 0.2) is 5.82 Å². The summed E-state index contributed by atoms with van der Waals surface area (Å²) in [6, 6.07) is 14.5. The first-order chi connectivity index (χ1) is 14.7. The summed E-state index contributed by atoms with van der Waals surface area (Å²) >= 11 is 1.62. The SMILES string of the molecule is COCc1nc(NCc2cn3ccc(C)cc3n2)c2c(-c3ccccc3)csc2n1. The van der Waals surface area contributed by atoms with E-state index < -0.39 is 0 Å². The molecule has 4 heterocycles. The zero-order valence-electron chi connectivity index (χ0n) is 16.8. The molecule has 5 aromatic rings. The van der Waals surface area contributed by atoms with Crippen molar-refractivity contribution in [3.8, 4) is 11.1 Å². The number of hydrogen-bond donors (Lipinski definition) is 1. The van der Waals surface area contributed by atoms with Gasteiger partial charge in [0.1, 0.15) is 22.9 Å². The van der Waals surface area contributed by atoms with Gasteiger partial charge in [-0.1, -0.05) is 30.3 Å². The Kier molecular flexibility index (Phi) is 4.90. The maximum absolute atomic E-state index is 5.27. The van der Waals surface area contributed by atoms with E-state index in [1.54, 1.807) is 18.4 Å². The molecule has 0 spiro atoms. The van der Waals surface area contributed by atoms with Crippen molar-refractivity contribution in [1.82, 2.24) is 19.4 Å². The number of anilines is 1. The minimum atomic E-state index is 0.372. The molecule has 0 saturated heterocycles. The lowest BCUT2D eigenvalue weighted by molar-refractivity contribution is 0.178. The van der Waals surface area contributed by atoms with Gasteiger partial charge in [0.05, 0.1) is 17.6 Å². The molecule has 5 rings (SSSR count). The first-order valence-corrected chi connectivity index (χ1v) is 10.6. The van der Waals surface area contributed by atoms with E-state index in [1.165, 1.54) is 5.56 Å². The molecule has 6 nitrogen and oxygen atoms in total. The molecule has 0 atom stereocenters. The van der Waals surface area contributed by atoms with E-state index in [-0.39, 0.29) is 0 Å². The van der Waals surface area contributed by atoms with E-state index in [2.05, 4.69) is 41.9 Å². The van der Waals surface area contributed by atoms with Crippen molar-refractivity contribution in [3.63, 3.8) is 0 Å². The van der Waals surface area contributed by atoms with Gasteiger partial charge < -0.3 is 14.5 Å².